The average molecular weight is 350 g/mol. The van der Waals surface area contributed by atoms with E-state index in [0.717, 1.165) is 5.52 Å². The molecule has 23 heavy (non-hydrogen) atoms. The Morgan fingerprint density at radius 2 is 1.91 bits per heavy atom. The quantitative estimate of drug-likeness (QED) is 0.562. The largest absolute Gasteiger partial charge is 0.489 e. The molecule has 0 radical (unpaired) electrons. The number of rotatable bonds is 3. The van der Waals surface area contributed by atoms with E-state index in [1.54, 1.807) is 18.2 Å². The SMILES string of the molecule is CC(C)(C)COc1cccc2nc(-c3cc(Cl)ccc3Cl)oc12. The maximum Gasteiger partial charge on any atom is 0.229 e. The molecule has 3 nitrogen and oxygen atoms in total. The van der Waals surface area contributed by atoms with Crippen molar-refractivity contribution in [2.24, 2.45) is 5.41 Å². The molecule has 2 aromatic carbocycles. The van der Waals surface area contributed by atoms with Crippen LogP contribution in [0.1, 0.15) is 20.8 Å². The fourth-order valence-electron chi connectivity index (χ4n) is 2.11. The number of ether oxygens (including phenoxy) is 1. The molecule has 0 aliphatic rings. The predicted octanol–water partition coefficient (Wildman–Crippen LogP) is 6.23. The Labute approximate surface area is 145 Å². The Morgan fingerprint density at radius 3 is 2.65 bits per heavy atom. The number of fused-ring (bicyclic) bond motifs is 1. The zero-order valence-corrected chi connectivity index (χ0v) is 14.7. The minimum absolute atomic E-state index is 0.0568. The highest BCUT2D eigenvalue weighted by Crippen LogP contribution is 2.35. The molecule has 0 saturated heterocycles. The number of hydrogen-bond donors (Lipinski definition) is 0. The normalized spacial score (nSPS) is 11.9. The average Bonchev–Trinajstić information content (AvgIpc) is 2.91. The molecule has 0 atom stereocenters. The molecule has 0 aliphatic heterocycles. The summed E-state index contributed by atoms with van der Waals surface area (Å²) in [5.41, 5.74) is 2.06. The number of hydrogen-bond acceptors (Lipinski definition) is 3. The van der Waals surface area contributed by atoms with Crippen LogP contribution in [0.3, 0.4) is 0 Å². The smallest absolute Gasteiger partial charge is 0.229 e. The van der Waals surface area contributed by atoms with Crippen LogP contribution in [-0.4, -0.2) is 11.6 Å². The molecule has 3 aromatic rings. The van der Waals surface area contributed by atoms with Crippen LogP contribution < -0.4 is 4.74 Å². The lowest BCUT2D eigenvalue weighted by Crippen LogP contribution is -2.16. The number of nitrogens with zero attached hydrogens (tertiary/aromatic N) is 1. The van der Waals surface area contributed by atoms with E-state index in [1.807, 2.05) is 18.2 Å². The van der Waals surface area contributed by atoms with Crippen LogP contribution in [0.4, 0.5) is 0 Å². The zero-order chi connectivity index (χ0) is 16.6. The molecule has 0 aliphatic carbocycles. The van der Waals surface area contributed by atoms with Crippen molar-refractivity contribution in [3.05, 3.63) is 46.4 Å². The summed E-state index contributed by atoms with van der Waals surface area (Å²) in [4.78, 5) is 4.50. The van der Waals surface area contributed by atoms with E-state index in [1.165, 1.54) is 0 Å². The molecule has 0 fully saturated rings. The summed E-state index contributed by atoms with van der Waals surface area (Å²) in [6.45, 7) is 6.93. The third kappa shape index (κ3) is 3.62. The number of para-hydroxylation sites is 1. The number of aromatic nitrogens is 1. The first-order chi connectivity index (χ1) is 10.8. The summed E-state index contributed by atoms with van der Waals surface area (Å²) in [5, 5.41) is 1.12. The first-order valence-corrected chi connectivity index (χ1v) is 8.07. The van der Waals surface area contributed by atoms with Gasteiger partial charge in [0.1, 0.15) is 5.52 Å². The molecular weight excluding hydrogens is 333 g/mol. The van der Waals surface area contributed by atoms with Gasteiger partial charge in [-0.3, -0.25) is 0 Å². The van der Waals surface area contributed by atoms with Crippen molar-refractivity contribution >= 4 is 34.3 Å². The van der Waals surface area contributed by atoms with Crippen LogP contribution in [0.2, 0.25) is 10.0 Å². The molecule has 0 unspecified atom stereocenters. The van der Waals surface area contributed by atoms with Gasteiger partial charge in [0.25, 0.3) is 0 Å². The highest BCUT2D eigenvalue weighted by molar-refractivity contribution is 6.35. The van der Waals surface area contributed by atoms with Gasteiger partial charge in [-0.25, -0.2) is 4.98 Å². The number of oxazole rings is 1. The Morgan fingerprint density at radius 1 is 1.13 bits per heavy atom. The highest BCUT2D eigenvalue weighted by Gasteiger charge is 2.17. The second-order valence-electron chi connectivity index (χ2n) is 6.60. The molecule has 0 N–H and O–H groups in total. The van der Waals surface area contributed by atoms with Crippen molar-refractivity contribution in [1.82, 2.24) is 4.98 Å². The summed E-state index contributed by atoms with van der Waals surface area (Å²) < 4.78 is 11.8. The molecule has 3 rings (SSSR count). The van der Waals surface area contributed by atoms with E-state index in [4.69, 9.17) is 32.4 Å². The van der Waals surface area contributed by atoms with Gasteiger partial charge in [-0.15, -0.1) is 0 Å². The molecule has 0 amide bonds. The van der Waals surface area contributed by atoms with Crippen LogP contribution in [0.15, 0.2) is 40.8 Å². The van der Waals surface area contributed by atoms with Gasteiger partial charge in [-0.2, -0.15) is 0 Å². The topological polar surface area (TPSA) is 35.3 Å². The first-order valence-electron chi connectivity index (χ1n) is 7.31. The molecule has 0 spiro atoms. The molecule has 0 bridgehead atoms. The highest BCUT2D eigenvalue weighted by atomic mass is 35.5. The van der Waals surface area contributed by atoms with Crippen molar-refractivity contribution in [1.29, 1.82) is 0 Å². The second-order valence-corrected chi connectivity index (χ2v) is 7.44. The second kappa shape index (κ2) is 6.06. The minimum Gasteiger partial charge on any atom is -0.489 e. The summed E-state index contributed by atoms with van der Waals surface area (Å²) >= 11 is 12.3. The van der Waals surface area contributed by atoms with Gasteiger partial charge in [-0.05, 0) is 35.7 Å². The Bertz CT molecular complexity index is 850. The van der Waals surface area contributed by atoms with E-state index >= 15 is 0 Å². The van der Waals surface area contributed by atoms with Gasteiger partial charge in [-0.1, -0.05) is 50.0 Å². The fraction of sp³-hybridized carbons (Fsp3) is 0.278. The van der Waals surface area contributed by atoms with E-state index in [-0.39, 0.29) is 5.41 Å². The van der Waals surface area contributed by atoms with Gasteiger partial charge < -0.3 is 9.15 Å². The molecule has 120 valence electrons. The standard InChI is InChI=1S/C18H17Cl2NO2/c1-18(2,3)10-22-15-6-4-5-14-16(15)23-17(21-14)12-9-11(19)7-8-13(12)20/h4-9H,10H2,1-3H3. The Kier molecular flexibility index (Phi) is 4.26. The molecule has 1 heterocycles. The van der Waals surface area contributed by atoms with E-state index in [2.05, 4.69) is 25.8 Å². The monoisotopic (exact) mass is 349 g/mol. The maximum atomic E-state index is 6.23. The van der Waals surface area contributed by atoms with Gasteiger partial charge in [0, 0.05) is 5.02 Å². The molecule has 0 saturated carbocycles. The van der Waals surface area contributed by atoms with E-state index in [0.29, 0.717) is 39.4 Å². The van der Waals surface area contributed by atoms with Crippen molar-refractivity contribution in [3.8, 4) is 17.2 Å². The third-order valence-corrected chi connectivity index (χ3v) is 3.76. The van der Waals surface area contributed by atoms with Crippen LogP contribution in [0.25, 0.3) is 22.6 Å². The van der Waals surface area contributed by atoms with Gasteiger partial charge in [0.05, 0.1) is 17.2 Å². The predicted molar refractivity (Wildman–Crippen MR) is 94.4 cm³/mol. The Balaban J connectivity index is 2.03. The van der Waals surface area contributed by atoms with Crippen LogP contribution in [0, 0.1) is 5.41 Å². The van der Waals surface area contributed by atoms with Crippen molar-refractivity contribution in [2.75, 3.05) is 6.61 Å². The van der Waals surface area contributed by atoms with Crippen LogP contribution in [-0.2, 0) is 0 Å². The lowest BCUT2D eigenvalue weighted by atomic mass is 9.99. The molecular formula is C18H17Cl2NO2. The third-order valence-electron chi connectivity index (χ3n) is 3.20. The zero-order valence-electron chi connectivity index (χ0n) is 13.2. The van der Waals surface area contributed by atoms with E-state index in [9.17, 15) is 0 Å². The van der Waals surface area contributed by atoms with Gasteiger partial charge >= 0.3 is 0 Å². The molecule has 1 aromatic heterocycles. The van der Waals surface area contributed by atoms with Crippen molar-refractivity contribution < 1.29 is 9.15 Å². The Hall–Kier alpha value is -1.71. The van der Waals surface area contributed by atoms with Crippen molar-refractivity contribution in [2.45, 2.75) is 20.8 Å². The lowest BCUT2D eigenvalue weighted by Gasteiger charge is -2.18. The van der Waals surface area contributed by atoms with Crippen LogP contribution in [0.5, 0.6) is 5.75 Å². The first kappa shape index (κ1) is 16.2. The van der Waals surface area contributed by atoms with Crippen LogP contribution >= 0.6 is 23.2 Å². The summed E-state index contributed by atoms with van der Waals surface area (Å²) in [7, 11) is 0. The molecule has 5 heteroatoms. The summed E-state index contributed by atoms with van der Waals surface area (Å²) in [6, 6.07) is 10.9. The van der Waals surface area contributed by atoms with Crippen molar-refractivity contribution in [3.63, 3.8) is 0 Å². The summed E-state index contributed by atoms with van der Waals surface area (Å²) in [5.74, 6) is 1.11. The fourth-order valence-corrected chi connectivity index (χ4v) is 2.48. The number of benzene rings is 2. The minimum atomic E-state index is 0.0568. The lowest BCUT2D eigenvalue weighted by molar-refractivity contribution is 0.198. The van der Waals surface area contributed by atoms with Gasteiger partial charge in [0.2, 0.25) is 5.89 Å². The summed E-state index contributed by atoms with van der Waals surface area (Å²) in [6.07, 6.45) is 0. The number of halogens is 2. The maximum absolute atomic E-state index is 6.23. The van der Waals surface area contributed by atoms with Gasteiger partial charge in [0.15, 0.2) is 11.3 Å². The van der Waals surface area contributed by atoms with E-state index < -0.39 is 0 Å².